The Balaban J connectivity index is 1.29. The number of thiophene rings is 1. The van der Waals surface area contributed by atoms with Gasteiger partial charge in [0.2, 0.25) is 0 Å². The van der Waals surface area contributed by atoms with Gasteiger partial charge < -0.3 is 9.13 Å². The summed E-state index contributed by atoms with van der Waals surface area (Å²) >= 11 is 1.86. The Bertz CT molecular complexity index is 3040. The fourth-order valence-electron chi connectivity index (χ4n) is 8.19. The van der Waals surface area contributed by atoms with E-state index in [0.717, 1.165) is 38.6 Å². The molecule has 0 saturated carbocycles. The van der Waals surface area contributed by atoms with Gasteiger partial charge in [0, 0.05) is 52.8 Å². The summed E-state index contributed by atoms with van der Waals surface area (Å²) in [6, 6.07) is 45.2. The minimum atomic E-state index is 0.177. The molecular weight excluding hydrogens is 629 g/mol. The van der Waals surface area contributed by atoms with Crippen LogP contribution in [-0.2, 0) is 0 Å². The predicted molar refractivity (Wildman–Crippen MR) is 208 cm³/mol. The van der Waals surface area contributed by atoms with Gasteiger partial charge in [0.15, 0.2) is 0 Å². The van der Waals surface area contributed by atoms with E-state index >= 15 is 0 Å². The molecule has 10 rings (SSSR count). The summed E-state index contributed by atoms with van der Waals surface area (Å²) < 4.78 is 7.42. The first-order valence-electron chi connectivity index (χ1n) is 16.8. The Kier molecular flexibility index (Phi) is 6.18. The van der Waals surface area contributed by atoms with Crippen molar-refractivity contribution in [3.63, 3.8) is 0 Å². The standard InChI is InChI=1S/C45H28N4S/c1-27-8-2-5-11-37(27)49-40-20-16-30(24-36(40)33-18-21-43-44(45(33)49)34-10-4-7-13-42(34)50-43)31-17-14-29(26-47)23-41(31)48-38-12-6-3-9-32(38)35-22-28(25-46)15-19-39(35)48/h2-24,27,37H,1H3/t27-,37?/m0/s1. The van der Waals surface area contributed by atoms with E-state index in [1.165, 1.54) is 42.0 Å². The molecule has 6 aromatic carbocycles. The van der Waals surface area contributed by atoms with Crippen molar-refractivity contribution in [1.29, 1.82) is 10.5 Å². The Morgan fingerprint density at radius 1 is 0.600 bits per heavy atom. The van der Waals surface area contributed by atoms with Gasteiger partial charge in [0.1, 0.15) is 0 Å². The second-order valence-electron chi connectivity index (χ2n) is 13.2. The van der Waals surface area contributed by atoms with Crippen LogP contribution in [0.1, 0.15) is 24.1 Å². The highest BCUT2D eigenvalue weighted by molar-refractivity contribution is 7.26. The quantitative estimate of drug-likeness (QED) is 0.190. The lowest BCUT2D eigenvalue weighted by atomic mass is 9.96. The number of nitrogens with zero attached hydrogens (tertiary/aromatic N) is 4. The second-order valence-corrected chi connectivity index (χ2v) is 14.3. The largest absolute Gasteiger partial charge is 0.332 e. The van der Waals surface area contributed by atoms with E-state index in [1.807, 2.05) is 53.8 Å². The first-order chi connectivity index (χ1) is 24.6. The highest BCUT2D eigenvalue weighted by Crippen LogP contribution is 2.46. The number of aromatic nitrogens is 2. The molecule has 0 saturated heterocycles. The maximum absolute atomic E-state index is 10.1. The highest BCUT2D eigenvalue weighted by atomic mass is 32.1. The summed E-state index contributed by atoms with van der Waals surface area (Å²) in [5.41, 5.74) is 8.79. The Morgan fingerprint density at radius 2 is 1.32 bits per heavy atom. The molecule has 0 radical (unpaired) electrons. The molecule has 50 heavy (non-hydrogen) atoms. The van der Waals surface area contributed by atoms with Crippen LogP contribution in [0.25, 0.3) is 80.6 Å². The zero-order chi connectivity index (χ0) is 33.5. The van der Waals surface area contributed by atoms with E-state index in [0.29, 0.717) is 17.0 Å². The normalized spacial score (nSPS) is 15.9. The van der Waals surface area contributed by atoms with Gasteiger partial charge >= 0.3 is 0 Å². The van der Waals surface area contributed by atoms with Crippen LogP contribution in [0.5, 0.6) is 0 Å². The van der Waals surface area contributed by atoms with Crippen molar-refractivity contribution in [2.75, 3.05) is 0 Å². The topological polar surface area (TPSA) is 57.4 Å². The first-order valence-corrected chi connectivity index (χ1v) is 17.7. The van der Waals surface area contributed by atoms with Crippen molar-refractivity contribution in [1.82, 2.24) is 9.13 Å². The van der Waals surface area contributed by atoms with Gasteiger partial charge in [0.05, 0.1) is 51.5 Å². The molecule has 1 unspecified atom stereocenters. The third kappa shape index (κ3) is 4.02. The molecule has 0 aliphatic heterocycles. The average Bonchev–Trinajstić information content (AvgIpc) is 3.81. The van der Waals surface area contributed by atoms with Gasteiger partial charge in [-0.05, 0) is 72.1 Å². The highest BCUT2D eigenvalue weighted by Gasteiger charge is 2.25. The van der Waals surface area contributed by atoms with Gasteiger partial charge in [-0.3, -0.25) is 0 Å². The lowest BCUT2D eigenvalue weighted by Crippen LogP contribution is -2.15. The number of allylic oxidation sites excluding steroid dienone is 4. The van der Waals surface area contributed by atoms with E-state index in [2.05, 4.69) is 125 Å². The molecule has 0 fully saturated rings. The summed E-state index contributed by atoms with van der Waals surface area (Å²) in [4.78, 5) is 0. The molecule has 3 heterocycles. The van der Waals surface area contributed by atoms with Crippen molar-refractivity contribution < 1.29 is 0 Å². The molecule has 0 spiro atoms. The fourth-order valence-corrected chi connectivity index (χ4v) is 9.29. The lowest BCUT2D eigenvalue weighted by Gasteiger charge is -2.25. The van der Waals surface area contributed by atoms with Crippen molar-refractivity contribution in [3.05, 3.63) is 151 Å². The zero-order valence-corrected chi connectivity index (χ0v) is 27.9. The third-order valence-corrected chi connectivity index (χ3v) is 11.6. The van der Waals surface area contributed by atoms with Gasteiger partial charge in [-0.1, -0.05) is 85.8 Å². The molecule has 2 atom stereocenters. The summed E-state index contributed by atoms with van der Waals surface area (Å²) in [5.74, 6) is 0.334. The van der Waals surface area contributed by atoms with E-state index in [1.54, 1.807) is 0 Å². The van der Waals surface area contributed by atoms with Crippen LogP contribution in [-0.4, -0.2) is 9.13 Å². The molecule has 0 amide bonds. The molecule has 5 heteroatoms. The molecule has 0 bridgehead atoms. The fraction of sp³-hybridized carbons (Fsp3) is 0.0667. The molecular formula is C45H28N4S. The molecule has 9 aromatic rings. The van der Waals surface area contributed by atoms with Gasteiger partial charge in [-0.15, -0.1) is 11.3 Å². The SMILES string of the molecule is C[C@H]1C=CC=CC1n1c2ccc(-c3ccc(C#N)cc3-n3c4ccccc4c4cc(C#N)ccc43)cc2c2ccc3sc4ccccc4c3c21. The lowest BCUT2D eigenvalue weighted by molar-refractivity contribution is 0.511. The van der Waals surface area contributed by atoms with Crippen molar-refractivity contribution in [2.24, 2.45) is 5.92 Å². The van der Waals surface area contributed by atoms with Crippen LogP contribution in [0, 0.1) is 28.6 Å². The molecule has 1 aliphatic carbocycles. The second kappa shape index (κ2) is 10.8. The van der Waals surface area contributed by atoms with E-state index in [9.17, 15) is 10.5 Å². The summed E-state index contributed by atoms with van der Waals surface area (Å²) in [6.07, 6.45) is 8.97. The molecule has 0 N–H and O–H groups in total. The van der Waals surface area contributed by atoms with Crippen molar-refractivity contribution in [3.8, 4) is 29.0 Å². The maximum atomic E-state index is 10.1. The Labute approximate surface area is 292 Å². The van der Waals surface area contributed by atoms with Crippen LogP contribution in [0.15, 0.2) is 140 Å². The zero-order valence-electron chi connectivity index (χ0n) is 27.1. The van der Waals surface area contributed by atoms with E-state index < -0.39 is 0 Å². The number of hydrogen-bond donors (Lipinski definition) is 0. The minimum absolute atomic E-state index is 0.177. The monoisotopic (exact) mass is 656 g/mol. The Hall–Kier alpha value is -6.40. The number of hydrogen-bond acceptors (Lipinski definition) is 3. The van der Waals surface area contributed by atoms with Crippen LogP contribution in [0.3, 0.4) is 0 Å². The smallest absolute Gasteiger partial charge is 0.0992 e. The summed E-state index contributed by atoms with van der Waals surface area (Å²) in [7, 11) is 0. The first kappa shape index (κ1) is 28.6. The van der Waals surface area contributed by atoms with Crippen LogP contribution in [0.2, 0.25) is 0 Å². The van der Waals surface area contributed by atoms with Crippen molar-refractivity contribution in [2.45, 2.75) is 13.0 Å². The molecule has 1 aliphatic rings. The average molecular weight is 657 g/mol. The number of benzene rings is 6. The maximum Gasteiger partial charge on any atom is 0.0992 e. The number of rotatable bonds is 3. The van der Waals surface area contributed by atoms with Gasteiger partial charge in [-0.2, -0.15) is 10.5 Å². The third-order valence-electron chi connectivity index (χ3n) is 10.5. The van der Waals surface area contributed by atoms with Gasteiger partial charge in [0.25, 0.3) is 0 Å². The summed E-state index contributed by atoms with van der Waals surface area (Å²) in [6.45, 7) is 2.30. The number of para-hydroxylation sites is 1. The predicted octanol–water partition coefficient (Wildman–Crippen LogP) is 12.0. The number of nitriles is 2. The van der Waals surface area contributed by atoms with Gasteiger partial charge in [-0.25, -0.2) is 0 Å². The molecule has 234 valence electrons. The van der Waals surface area contributed by atoms with Crippen molar-refractivity contribution >= 4 is 75.1 Å². The number of fused-ring (bicyclic) bond motifs is 10. The van der Waals surface area contributed by atoms with Crippen LogP contribution < -0.4 is 0 Å². The summed E-state index contributed by atoms with van der Waals surface area (Å²) in [5, 5.41) is 26.9. The molecule has 3 aromatic heterocycles. The van der Waals surface area contributed by atoms with Crippen LogP contribution >= 0.6 is 11.3 Å². The Morgan fingerprint density at radius 3 is 2.18 bits per heavy atom. The van der Waals surface area contributed by atoms with E-state index in [-0.39, 0.29) is 6.04 Å². The van der Waals surface area contributed by atoms with E-state index in [4.69, 9.17) is 0 Å². The van der Waals surface area contributed by atoms with Crippen LogP contribution in [0.4, 0.5) is 0 Å². The molecule has 4 nitrogen and oxygen atoms in total. The minimum Gasteiger partial charge on any atom is -0.332 e.